The van der Waals surface area contributed by atoms with Gasteiger partial charge < -0.3 is 5.11 Å². The Kier molecular flexibility index (Phi) is 5.22. The fraction of sp³-hybridized carbons (Fsp3) is 0.562. The Balaban J connectivity index is 2.24. The second-order valence-corrected chi connectivity index (χ2v) is 8.00. The number of rotatable bonds is 4. The van der Waals surface area contributed by atoms with Crippen LogP contribution in [0.15, 0.2) is 23.1 Å². The summed E-state index contributed by atoms with van der Waals surface area (Å²) in [5, 5.41) is 19.0. The molecule has 1 aliphatic rings. The van der Waals surface area contributed by atoms with Gasteiger partial charge in [0, 0.05) is 13.6 Å². The lowest BCUT2D eigenvalue weighted by Crippen LogP contribution is -2.38. The molecular formula is C16H22N2O3S. The molecule has 0 aromatic heterocycles. The van der Waals surface area contributed by atoms with E-state index in [-0.39, 0.29) is 10.8 Å². The minimum atomic E-state index is -3.65. The Labute approximate surface area is 132 Å². The van der Waals surface area contributed by atoms with Gasteiger partial charge in [0.25, 0.3) is 0 Å². The van der Waals surface area contributed by atoms with Crippen LogP contribution < -0.4 is 0 Å². The molecule has 1 aromatic carbocycles. The van der Waals surface area contributed by atoms with E-state index < -0.39 is 16.1 Å². The molecule has 2 unspecified atom stereocenters. The second kappa shape index (κ2) is 6.78. The summed E-state index contributed by atoms with van der Waals surface area (Å²) in [5.74, 6) is -0.0204. The Morgan fingerprint density at radius 1 is 1.36 bits per heavy atom. The molecule has 0 amide bonds. The highest BCUT2D eigenvalue weighted by Crippen LogP contribution is 2.27. The number of nitriles is 1. The van der Waals surface area contributed by atoms with Crippen LogP contribution in [0.1, 0.15) is 36.8 Å². The van der Waals surface area contributed by atoms with Crippen LogP contribution in [-0.4, -0.2) is 37.5 Å². The third-order valence-electron chi connectivity index (χ3n) is 4.37. The van der Waals surface area contributed by atoms with Gasteiger partial charge in [0.15, 0.2) is 0 Å². The van der Waals surface area contributed by atoms with Crippen molar-refractivity contribution in [3.8, 4) is 6.07 Å². The molecule has 6 heteroatoms. The van der Waals surface area contributed by atoms with E-state index in [2.05, 4.69) is 0 Å². The summed E-state index contributed by atoms with van der Waals surface area (Å²) in [4.78, 5) is 0.166. The molecule has 0 spiro atoms. The molecule has 1 aliphatic carbocycles. The summed E-state index contributed by atoms with van der Waals surface area (Å²) in [6.07, 6.45) is 3.17. The van der Waals surface area contributed by atoms with Gasteiger partial charge in [0.1, 0.15) is 0 Å². The zero-order chi connectivity index (χ0) is 16.3. The summed E-state index contributed by atoms with van der Waals surface area (Å²) in [6.45, 7) is 2.02. The third-order valence-corrected chi connectivity index (χ3v) is 6.33. The van der Waals surface area contributed by atoms with Crippen LogP contribution in [-0.2, 0) is 10.0 Å². The Morgan fingerprint density at radius 2 is 2.05 bits per heavy atom. The van der Waals surface area contributed by atoms with E-state index in [1.807, 2.05) is 6.07 Å². The van der Waals surface area contributed by atoms with Gasteiger partial charge in [0.05, 0.1) is 22.6 Å². The lowest BCUT2D eigenvalue weighted by atomic mass is 9.86. The molecule has 5 nitrogen and oxygen atoms in total. The Hall–Kier alpha value is -1.42. The minimum Gasteiger partial charge on any atom is -0.393 e. The standard InChI is InChI=1S/C16H22N2O3S/c1-12-7-8-13(10-17)9-16(12)22(20,21)18(2)11-14-5-3-4-6-15(14)19/h7-9,14-15,19H,3-6,11H2,1-2H3. The van der Waals surface area contributed by atoms with Crippen molar-refractivity contribution in [1.82, 2.24) is 4.31 Å². The van der Waals surface area contributed by atoms with E-state index in [1.54, 1.807) is 19.1 Å². The van der Waals surface area contributed by atoms with E-state index in [0.717, 1.165) is 25.7 Å². The highest BCUT2D eigenvalue weighted by atomic mass is 32.2. The fourth-order valence-electron chi connectivity index (χ4n) is 2.94. The summed E-state index contributed by atoms with van der Waals surface area (Å²) < 4.78 is 26.8. The van der Waals surface area contributed by atoms with Crippen LogP contribution in [0.2, 0.25) is 0 Å². The second-order valence-electron chi connectivity index (χ2n) is 5.99. The van der Waals surface area contributed by atoms with Crippen molar-refractivity contribution in [1.29, 1.82) is 5.26 Å². The van der Waals surface area contributed by atoms with Gasteiger partial charge in [-0.25, -0.2) is 12.7 Å². The lowest BCUT2D eigenvalue weighted by Gasteiger charge is -2.31. The molecule has 0 aliphatic heterocycles. The van der Waals surface area contributed by atoms with Gasteiger partial charge in [-0.05, 0) is 43.4 Å². The van der Waals surface area contributed by atoms with Crippen LogP contribution in [0.25, 0.3) is 0 Å². The topological polar surface area (TPSA) is 81.4 Å². The molecule has 0 bridgehead atoms. The SMILES string of the molecule is Cc1ccc(C#N)cc1S(=O)(=O)N(C)CC1CCCCC1O. The maximum Gasteiger partial charge on any atom is 0.243 e. The maximum absolute atomic E-state index is 12.7. The van der Waals surface area contributed by atoms with Crippen molar-refractivity contribution < 1.29 is 13.5 Å². The predicted octanol–water partition coefficient (Wildman–Crippen LogP) is 2.04. The zero-order valence-electron chi connectivity index (χ0n) is 13.0. The molecule has 2 rings (SSSR count). The van der Waals surface area contributed by atoms with Gasteiger partial charge >= 0.3 is 0 Å². The molecule has 0 heterocycles. The van der Waals surface area contributed by atoms with Gasteiger partial charge in [-0.1, -0.05) is 18.9 Å². The first-order valence-electron chi connectivity index (χ1n) is 7.51. The number of aliphatic hydroxyl groups excluding tert-OH is 1. The van der Waals surface area contributed by atoms with Gasteiger partial charge in [-0.3, -0.25) is 0 Å². The number of aliphatic hydroxyl groups is 1. The number of hydrogen-bond acceptors (Lipinski definition) is 4. The summed E-state index contributed by atoms with van der Waals surface area (Å²) >= 11 is 0. The average molecular weight is 322 g/mol. The van der Waals surface area contributed by atoms with Crippen LogP contribution in [0, 0.1) is 24.2 Å². The summed E-state index contributed by atoms with van der Waals surface area (Å²) in [6, 6.07) is 6.64. The molecule has 1 aromatic rings. The van der Waals surface area contributed by atoms with E-state index in [9.17, 15) is 13.5 Å². The van der Waals surface area contributed by atoms with Gasteiger partial charge in [-0.2, -0.15) is 5.26 Å². The highest BCUT2D eigenvalue weighted by molar-refractivity contribution is 7.89. The van der Waals surface area contributed by atoms with E-state index in [0.29, 0.717) is 17.7 Å². The summed E-state index contributed by atoms with van der Waals surface area (Å²) in [5.41, 5.74) is 0.949. The largest absolute Gasteiger partial charge is 0.393 e. The lowest BCUT2D eigenvalue weighted by molar-refractivity contribution is 0.0620. The number of benzene rings is 1. The van der Waals surface area contributed by atoms with Gasteiger partial charge in [0.2, 0.25) is 10.0 Å². The number of aryl methyl sites for hydroxylation is 1. The molecule has 120 valence electrons. The molecule has 22 heavy (non-hydrogen) atoms. The van der Waals surface area contributed by atoms with Crippen LogP contribution in [0.4, 0.5) is 0 Å². The van der Waals surface area contributed by atoms with Crippen molar-refractivity contribution in [3.05, 3.63) is 29.3 Å². The van der Waals surface area contributed by atoms with Crippen LogP contribution in [0.5, 0.6) is 0 Å². The first kappa shape index (κ1) is 16.9. The zero-order valence-corrected chi connectivity index (χ0v) is 13.8. The van der Waals surface area contributed by atoms with Crippen molar-refractivity contribution in [3.63, 3.8) is 0 Å². The smallest absolute Gasteiger partial charge is 0.243 e. The van der Waals surface area contributed by atoms with E-state index in [4.69, 9.17) is 5.26 Å². The van der Waals surface area contributed by atoms with Crippen LogP contribution >= 0.6 is 0 Å². The number of nitrogens with zero attached hydrogens (tertiary/aromatic N) is 2. The molecular weight excluding hydrogens is 300 g/mol. The molecule has 1 saturated carbocycles. The minimum absolute atomic E-state index is 0.0204. The average Bonchev–Trinajstić information content (AvgIpc) is 2.49. The first-order chi connectivity index (χ1) is 10.4. The van der Waals surface area contributed by atoms with Gasteiger partial charge in [-0.15, -0.1) is 0 Å². The number of hydrogen-bond donors (Lipinski definition) is 1. The van der Waals surface area contributed by atoms with Crippen molar-refractivity contribution in [2.75, 3.05) is 13.6 Å². The number of sulfonamides is 1. The van der Waals surface area contributed by atoms with Crippen LogP contribution in [0.3, 0.4) is 0 Å². The van der Waals surface area contributed by atoms with Crippen molar-refractivity contribution in [2.24, 2.45) is 5.92 Å². The monoisotopic (exact) mass is 322 g/mol. The predicted molar refractivity (Wildman–Crippen MR) is 83.7 cm³/mol. The highest BCUT2D eigenvalue weighted by Gasteiger charge is 2.30. The Morgan fingerprint density at radius 3 is 2.68 bits per heavy atom. The quantitative estimate of drug-likeness (QED) is 0.919. The fourth-order valence-corrected chi connectivity index (χ4v) is 4.42. The maximum atomic E-state index is 12.7. The van der Waals surface area contributed by atoms with E-state index in [1.165, 1.54) is 17.4 Å². The molecule has 0 radical (unpaired) electrons. The van der Waals surface area contributed by atoms with E-state index >= 15 is 0 Å². The molecule has 2 atom stereocenters. The first-order valence-corrected chi connectivity index (χ1v) is 8.95. The third kappa shape index (κ3) is 3.49. The molecule has 0 saturated heterocycles. The van der Waals surface area contributed by atoms with Crippen molar-refractivity contribution >= 4 is 10.0 Å². The molecule has 1 N–H and O–H groups in total. The van der Waals surface area contributed by atoms with Crippen molar-refractivity contribution in [2.45, 2.75) is 43.6 Å². The summed E-state index contributed by atoms with van der Waals surface area (Å²) in [7, 11) is -2.12. The Bertz CT molecular complexity index is 679. The normalized spacial score (nSPS) is 22.5. The molecule has 1 fully saturated rings.